The summed E-state index contributed by atoms with van der Waals surface area (Å²) in [6.07, 6.45) is 1.64. The van der Waals surface area contributed by atoms with Crippen LogP contribution >= 0.6 is 27.7 Å². The fourth-order valence-corrected chi connectivity index (χ4v) is 3.41. The quantitative estimate of drug-likeness (QED) is 0.565. The maximum Gasteiger partial charge on any atom is 0.236 e. The van der Waals surface area contributed by atoms with Crippen LogP contribution in [0.3, 0.4) is 0 Å². The molecule has 0 radical (unpaired) electrons. The van der Waals surface area contributed by atoms with Gasteiger partial charge in [-0.15, -0.1) is 10.2 Å². The molecule has 0 saturated heterocycles. The number of thioether (sulfide) groups is 1. The molecule has 0 aliphatic rings. The van der Waals surface area contributed by atoms with Crippen molar-refractivity contribution in [2.45, 2.75) is 24.9 Å². The van der Waals surface area contributed by atoms with Crippen LogP contribution in [0, 0.1) is 0 Å². The summed E-state index contributed by atoms with van der Waals surface area (Å²) in [5.74, 6) is 1.88. The summed E-state index contributed by atoms with van der Waals surface area (Å²) in [6.45, 7) is 4.34. The monoisotopic (exact) mass is 445 g/mol. The number of hydrogen-bond acceptors (Lipinski definition) is 5. The number of carbonyl (C=O) groups excluding carboxylic acids is 1. The zero-order valence-corrected chi connectivity index (χ0v) is 17.7. The highest BCUT2D eigenvalue weighted by Gasteiger charge is 2.13. The van der Waals surface area contributed by atoms with E-state index in [1.165, 1.54) is 17.3 Å². The maximum atomic E-state index is 12.1. The second-order valence-corrected chi connectivity index (χ2v) is 8.20. The highest BCUT2D eigenvalue weighted by Crippen LogP contribution is 2.24. The first kappa shape index (κ1) is 19.6. The molecule has 1 amide bonds. The largest absolute Gasteiger partial charge is 0.310 e. The van der Waals surface area contributed by atoms with Crippen LogP contribution in [-0.2, 0) is 11.8 Å². The predicted molar refractivity (Wildman–Crippen MR) is 112 cm³/mol. The first-order valence-electron chi connectivity index (χ1n) is 8.48. The van der Waals surface area contributed by atoms with Crippen molar-refractivity contribution in [1.29, 1.82) is 0 Å². The molecule has 27 heavy (non-hydrogen) atoms. The van der Waals surface area contributed by atoms with Crippen LogP contribution in [0.15, 0.2) is 52.2 Å². The molecule has 1 N–H and O–H groups in total. The Hall–Kier alpha value is -2.19. The molecule has 2 heterocycles. The third kappa shape index (κ3) is 4.95. The van der Waals surface area contributed by atoms with E-state index in [9.17, 15) is 4.79 Å². The van der Waals surface area contributed by atoms with Crippen LogP contribution in [0.4, 0.5) is 5.82 Å². The molecule has 3 aromatic rings. The minimum atomic E-state index is -0.138. The van der Waals surface area contributed by atoms with Gasteiger partial charge in [-0.25, -0.2) is 4.98 Å². The highest BCUT2D eigenvalue weighted by molar-refractivity contribution is 9.10. The second kappa shape index (κ2) is 8.67. The molecule has 6 nitrogen and oxygen atoms in total. The van der Waals surface area contributed by atoms with Gasteiger partial charge in [0.05, 0.1) is 5.75 Å². The summed E-state index contributed by atoms with van der Waals surface area (Å²) in [5, 5.41) is 11.9. The molecule has 0 unspecified atom stereocenters. The van der Waals surface area contributed by atoms with Crippen LogP contribution in [0.5, 0.6) is 0 Å². The first-order valence-corrected chi connectivity index (χ1v) is 10.3. The van der Waals surface area contributed by atoms with Gasteiger partial charge >= 0.3 is 0 Å². The molecular weight excluding hydrogens is 426 g/mol. The number of hydrogen-bond donors (Lipinski definition) is 1. The normalized spacial score (nSPS) is 11.0. The number of anilines is 1. The third-order valence-electron chi connectivity index (χ3n) is 4.00. The number of carbonyl (C=O) groups is 1. The van der Waals surface area contributed by atoms with Crippen molar-refractivity contribution in [2.24, 2.45) is 7.05 Å². The van der Waals surface area contributed by atoms with E-state index in [1.807, 2.05) is 17.7 Å². The van der Waals surface area contributed by atoms with Crippen molar-refractivity contribution >= 4 is 39.4 Å². The average molecular weight is 446 g/mol. The molecule has 1 aromatic carbocycles. The lowest BCUT2D eigenvalue weighted by Gasteiger charge is -2.07. The Balaban J connectivity index is 1.63. The van der Waals surface area contributed by atoms with E-state index in [-0.39, 0.29) is 11.7 Å². The molecular formula is C19H20BrN5OS. The van der Waals surface area contributed by atoms with E-state index in [0.29, 0.717) is 16.9 Å². The summed E-state index contributed by atoms with van der Waals surface area (Å²) < 4.78 is 2.77. The van der Waals surface area contributed by atoms with E-state index in [0.717, 1.165) is 15.9 Å². The molecule has 0 fully saturated rings. The van der Waals surface area contributed by atoms with Gasteiger partial charge in [0.2, 0.25) is 5.91 Å². The molecule has 0 atom stereocenters. The molecule has 3 rings (SSSR count). The van der Waals surface area contributed by atoms with Gasteiger partial charge in [0.1, 0.15) is 5.82 Å². The third-order valence-corrected chi connectivity index (χ3v) is 5.49. The van der Waals surface area contributed by atoms with Crippen LogP contribution in [0.2, 0.25) is 0 Å². The number of amides is 1. The van der Waals surface area contributed by atoms with E-state index in [4.69, 9.17) is 0 Å². The molecule has 0 aliphatic carbocycles. The Kier molecular flexibility index (Phi) is 6.28. The lowest BCUT2D eigenvalue weighted by Crippen LogP contribution is -2.15. The van der Waals surface area contributed by atoms with Gasteiger partial charge in [0.25, 0.3) is 0 Å². The zero-order valence-electron chi connectivity index (χ0n) is 15.3. The maximum absolute atomic E-state index is 12.1. The number of benzene rings is 1. The Bertz CT molecular complexity index is 922. The summed E-state index contributed by atoms with van der Waals surface area (Å²) in [5.41, 5.74) is 2.29. The summed E-state index contributed by atoms with van der Waals surface area (Å²) >= 11 is 4.66. The minimum absolute atomic E-state index is 0.138. The lowest BCUT2D eigenvalue weighted by atomic mass is 10.0. The van der Waals surface area contributed by atoms with Crippen LogP contribution < -0.4 is 5.32 Å². The van der Waals surface area contributed by atoms with Gasteiger partial charge in [0, 0.05) is 23.3 Å². The number of rotatable bonds is 6. The van der Waals surface area contributed by atoms with Crippen molar-refractivity contribution in [3.8, 4) is 11.4 Å². The van der Waals surface area contributed by atoms with Crippen LogP contribution in [0.1, 0.15) is 25.3 Å². The van der Waals surface area contributed by atoms with Gasteiger partial charge < -0.3 is 9.88 Å². The van der Waals surface area contributed by atoms with Crippen LogP contribution in [-0.4, -0.2) is 31.4 Å². The Morgan fingerprint density at radius 3 is 2.56 bits per heavy atom. The van der Waals surface area contributed by atoms with Gasteiger partial charge in [-0.1, -0.05) is 49.9 Å². The summed E-state index contributed by atoms with van der Waals surface area (Å²) in [6, 6.07) is 11.9. The molecule has 0 aliphatic heterocycles. The molecule has 0 spiro atoms. The number of nitrogens with zero attached hydrogens (tertiary/aromatic N) is 4. The number of aromatic nitrogens is 4. The van der Waals surface area contributed by atoms with E-state index >= 15 is 0 Å². The van der Waals surface area contributed by atoms with Crippen molar-refractivity contribution in [3.05, 3.63) is 52.6 Å². The molecule has 2 aromatic heterocycles. The number of nitrogens with one attached hydrogen (secondary N) is 1. The van der Waals surface area contributed by atoms with Crippen molar-refractivity contribution in [3.63, 3.8) is 0 Å². The summed E-state index contributed by atoms with van der Waals surface area (Å²) in [7, 11) is 1.90. The molecule has 140 valence electrons. The topological polar surface area (TPSA) is 72.7 Å². The van der Waals surface area contributed by atoms with Crippen LogP contribution in [0.25, 0.3) is 11.4 Å². The van der Waals surface area contributed by atoms with E-state index in [2.05, 4.69) is 74.5 Å². The fraction of sp³-hybridized carbons (Fsp3) is 0.263. The Morgan fingerprint density at radius 1 is 1.19 bits per heavy atom. The average Bonchev–Trinajstić information content (AvgIpc) is 3.02. The van der Waals surface area contributed by atoms with Gasteiger partial charge in [0.15, 0.2) is 11.0 Å². The Labute approximate surface area is 170 Å². The molecule has 0 bridgehead atoms. The van der Waals surface area contributed by atoms with Gasteiger partial charge in [-0.3, -0.25) is 4.79 Å². The van der Waals surface area contributed by atoms with E-state index < -0.39 is 0 Å². The fourth-order valence-electron chi connectivity index (χ4n) is 2.47. The Morgan fingerprint density at radius 2 is 1.93 bits per heavy atom. The smallest absolute Gasteiger partial charge is 0.236 e. The molecule has 8 heteroatoms. The first-order chi connectivity index (χ1) is 12.9. The SMILES string of the molecule is CC(C)c1ccc(-c2nnc(SCC(=O)Nc3ccc(Br)cn3)n2C)cc1. The zero-order chi connectivity index (χ0) is 19.4. The van der Waals surface area contributed by atoms with Gasteiger partial charge in [-0.05, 0) is 39.5 Å². The van der Waals surface area contributed by atoms with Crippen molar-refractivity contribution in [2.75, 3.05) is 11.1 Å². The second-order valence-electron chi connectivity index (χ2n) is 6.34. The summed E-state index contributed by atoms with van der Waals surface area (Å²) in [4.78, 5) is 16.3. The minimum Gasteiger partial charge on any atom is -0.310 e. The van der Waals surface area contributed by atoms with Crippen molar-refractivity contribution < 1.29 is 4.79 Å². The number of halogens is 1. The lowest BCUT2D eigenvalue weighted by molar-refractivity contribution is -0.113. The number of pyridine rings is 1. The highest BCUT2D eigenvalue weighted by atomic mass is 79.9. The van der Waals surface area contributed by atoms with Gasteiger partial charge in [-0.2, -0.15) is 0 Å². The predicted octanol–water partition coefficient (Wildman–Crippen LogP) is 4.49. The van der Waals surface area contributed by atoms with Crippen molar-refractivity contribution in [1.82, 2.24) is 19.7 Å². The molecule has 0 saturated carbocycles. The standard InChI is InChI=1S/C19H20BrN5OS/c1-12(2)13-4-6-14(7-5-13)18-23-24-19(25(18)3)27-11-17(26)22-16-9-8-15(20)10-21-16/h4-10,12H,11H2,1-3H3,(H,21,22,26). The van der Waals surface area contributed by atoms with E-state index in [1.54, 1.807) is 12.3 Å².